The summed E-state index contributed by atoms with van der Waals surface area (Å²) in [4.78, 5) is 21.1. The second kappa shape index (κ2) is 9.47. The predicted molar refractivity (Wildman–Crippen MR) is 108 cm³/mol. The lowest BCUT2D eigenvalue weighted by Crippen LogP contribution is -2.58. The largest absolute Gasteiger partial charge is 0.552 e. The molecule has 1 unspecified atom stereocenters. The van der Waals surface area contributed by atoms with Gasteiger partial charge in [0.15, 0.2) is 0 Å². The lowest BCUT2D eigenvalue weighted by Gasteiger charge is -2.36. The molecule has 1 atom stereocenters. The molecule has 8 heteroatoms. The van der Waals surface area contributed by atoms with Gasteiger partial charge in [0.25, 0.3) is 0 Å². The number of ether oxygens (including phenoxy) is 1. The number of carbonyl (C=O) groups is 1. The minimum atomic E-state index is -1.71. The fourth-order valence-electron chi connectivity index (χ4n) is 3.57. The Bertz CT molecular complexity index is 796. The first-order valence-corrected chi connectivity index (χ1v) is 9.79. The number of aromatic nitrogens is 1. The van der Waals surface area contributed by atoms with E-state index in [4.69, 9.17) is 4.74 Å². The van der Waals surface area contributed by atoms with Gasteiger partial charge in [-0.15, -0.1) is 0 Å². The van der Waals surface area contributed by atoms with Crippen LogP contribution in [0.4, 0.5) is 0 Å². The van der Waals surface area contributed by atoms with Gasteiger partial charge in [-0.05, 0) is 24.6 Å². The number of hydrogen-bond donors (Lipinski definition) is 2. The standard InChI is InChI=1S/C20H28BN3O4/c1-15(2)14-24(21(26)27)19(20(25)23-9-11-28-12-10-23)13-17-8-7-16-5-3-4-6-18(16)22-17/h3-8,15,19,26-27H,9-14H2,1-2H3. The molecule has 7 nitrogen and oxygen atoms in total. The zero-order chi connectivity index (χ0) is 20.1. The Hall–Kier alpha value is -2.00. The molecule has 0 saturated carbocycles. The highest BCUT2D eigenvalue weighted by Gasteiger charge is 2.37. The molecular formula is C20H28BN3O4. The molecule has 1 aliphatic heterocycles. The number of para-hydroxylation sites is 1. The number of nitrogens with zero attached hydrogens (tertiary/aromatic N) is 3. The van der Waals surface area contributed by atoms with Crippen LogP contribution in [0.25, 0.3) is 10.9 Å². The van der Waals surface area contributed by atoms with E-state index in [0.29, 0.717) is 39.3 Å². The van der Waals surface area contributed by atoms with Crippen LogP contribution in [-0.2, 0) is 16.0 Å². The van der Waals surface area contributed by atoms with Gasteiger partial charge in [0, 0.05) is 30.6 Å². The van der Waals surface area contributed by atoms with E-state index in [1.54, 1.807) is 4.90 Å². The molecule has 0 aliphatic carbocycles. The van der Waals surface area contributed by atoms with Gasteiger partial charge < -0.3 is 19.7 Å². The molecule has 2 N–H and O–H groups in total. The number of benzene rings is 1. The maximum Gasteiger partial charge on any atom is 0.552 e. The van der Waals surface area contributed by atoms with Gasteiger partial charge in [0.05, 0.1) is 24.8 Å². The highest BCUT2D eigenvalue weighted by atomic mass is 16.5. The van der Waals surface area contributed by atoms with Crippen LogP contribution >= 0.6 is 0 Å². The smallest absolute Gasteiger partial charge is 0.413 e. The Morgan fingerprint density at radius 2 is 1.93 bits per heavy atom. The third-order valence-corrected chi connectivity index (χ3v) is 4.94. The molecule has 2 aromatic rings. The van der Waals surface area contributed by atoms with E-state index in [0.717, 1.165) is 16.6 Å². The molecule has 3 rings (SSSR count). The number of amides is 1. The van der Waals surface area contributed by atoms with E-state index in [2.05, 4.69) is 4.98 Å². The van der Waals surface area contributed by atoms with Gasteiger partial charge >= 0.3 is 7.25 Å². The van der Waals surface area contributed by atoms with Gasteiger partial charge in [0.2, 0.25) is 5.91 Å². The highest BCUT2D eigenvalue weighted by molar-refractivity contribution is 6.38. The van der Waals surface area contributed by atoms with Gasteiger partial charge in [-0.2, -0.15) is 0 Å². The molecule has 0 spiro atoms. The molecule has 0 bridgehead atoms. The quantitative estimate of drug-likeness (QED) is 0.690. The number of fused-ring (bicyclic) bond motifs is 1. The number of carbonyl (C=O) groups excluding carboxylic acids is 1. The van der Waals surface area contributed by atoms with Gasteiger partial charge in [-0.1, -0.05) is 38.1 Å². The molecule has 1 aromatic heterocycles. The molecule has 1 aliphatic rings. The summed E-state index contributed by atoms with van der Waals surface area (Å²) < 4.78 is 5.35. The van der Waals surface area contributed by atoms with Crippen molar-refractivity contribution in [2.45, 2.75) is 26.3 Å². The van der Waals surface area contributed by atoms with E-state index >= 15 is 0 Å². The van der Waals surface area contributed by atoms with Crippen molar-refractivity contribution < 1.29 is 19.6 Å². The Labute approximate surface area is 166 Å². The van der Waals surface area contributed by atoms with Crippen LogP contribution in [0.15, 0.2) is 36.4 Å². The second-order valence-corrected chi connectivity index (χ2v) is 7.59. The van der Waals surface area contributed by atoms with Crippen LogP contribution in [-0.4, -0.2) is 76.8 Å². The van der Waals surface area contributed by atoms with Crippen LogP contribution in [0.5, 0.6) is 0 Å². The zero-order valence-electron chi connectivity index (χ0n) is 16.5. The molecule has 1 fully saturated rings. The highest BCUT2D eigenvalue weighted by Crippen LogP contribution is 2.18. The summed E-state index contributed by atoms with van der Waals surface area (Å²) in [5.74, 6) is 0.0540. The first kappa shape index (κ1) is 20.7. The van der Waals surface area contributed by atoms with E-state index in [1.165, 1.54) is 4.81 Å². The molecule has 2 heterocycles. The van der Waals surface area contributed by atoms with Crippen molar-refractivity contribution >= 4 is 24.1 Å². The summed E-state index contributed by atoms with van der Waals surface area (Å²) in [6.45, 7) is 6.39. The third-order valence-electron chi connectivity index (χ3n) is 4.94. The Morgan fingerprint density at radius 1 is 1.21 bits per heavy atom. The first-order valence-electron chi connectivity index (χ1n) is 9.79. The zero-order valence-corrected chi connectivity index (χ0v) is 16.5. The fourth-order valence-corrected chi connectivity index (χ4v) is 3.57. The van der Waals surface area contributed by atoms with E-state index in [1.807, 2.05) is 50.2 Å². The number of pyridine rings is 1. The number of hydrogen-bond acceptors (Lipinski definition) is 6. The topological polar surface area (TPSA) is 86.1 Å². The van der Waals surface area contributed by atoms with Crippen LogP contribution < -0.4 is 0 Å². The van der Waals surface area contributed by atoms with Crippen molar-refractivity contribution in [1.29, 1.82) is 0 Å². The summed E-state index contributed by atoms with van der Waals surface area (Å²) in [6, 6.07) is 11.0. The molecule has 28 heavy (non-hydrogen) atoms. The summed E-state index contributed by atoms with van der Waals surface area (Å²) in [5.41, 5.74) is 1.61. The lowest BCUT2D eigenvalue weighted by molar-refractivity contribution is -0.140. The molecule has 1 aromatic carbocycles. The average molecular weight is 385 g/mol. The van der Waals surface area contributed by atoms with Crippen LogP contribution in [0.3, 0.4) is 0 Å². The minimum absolute atomic E-state index is 0.119. The number of morpholine rings is 1. The van der Waals surface area contributed by atoms with Crippen molar-refractivity contribution in [3.63, 3.8) is 0 Å². The Morgan fingerprint density at radius 3 is 2.61 bits per heavy atom. The van der Waals surface area contributed by atoms with Crippen molar-refractivity contribution in [1.82, 2.24) is 14.7 Å². The van der Waals surface area contributed by atoms with Crippen molar-refractivity contribution in [3.05, 3.63) is 42.1 Å². The molecule has 1 saturated heterocycles. The Balaban J connectivity index is 1.89. The third kappa shape index (κ3) is 5.08. The van der Waals surface area contributed by atoms with E-state index < -0.39 is 13.3 Å². The van der Waals surface area contributed by atoms with Crippen LogP contribution in [0, 0.1) is 5.92 Å². The van der Waals surface area contributed by atoms with Gasteiger partial charge in [-0.3, -0.25) is 14.6 Å². The Kier molecular flexibility index (Phi) is 7.01. The van der Waals surface area contributed by atoms with E-state index in [9.17, 15) is 14.8 Å². The van der Waals surface area contributed by atoms with Gasteiger partial charge in [0.1, 0.15) is 0 Å². The maximum atomic E-state index is 13.3. The summed E-state index contributed by atoms with van der Waals surface area (Å²) in [5, 5.41) is 21.0. The van der Waals surface area contributed by atoms with E-state index in [-0.39, 0.29) is 11.8 Å². The molecular weight excluding hydrogens is 357 g/mol. The van der Waals surface area contributed by atoms with Crippen molar-refractivity contribution in [3.8, 4) is 0 Å². The second-order valence-electron chi connectivity index (χ2n) is 7.59. The normalized spacial score (nSPS) is 16.0. The first-order chi connectivity index (χ1) is 13.5. The van der Waals surface area contributed by atoms with Gasteiger partial charge in [-0.25, -0.2) is 0 Å². The predicted octanol–water partition coefficient (Wildman–Crippen LogP) is 0.932. The fraction of sp³-hybridized carbons (Fsp3) is 0.500. The number of rotatable bonds is 7. The summed E-state index contributed by atoms with van der Waals surface area (Å²) in [7, 11) is -1.71. The molecule has 150 valence electrons. The monoisotopic (exact) mass is 385 g/mol. The SMILES string of the molecule is CC(C)CN(B(O)O)C(Cc1ccc2ccccc2n1)C(=O)N1CCOCC1. The summed E-state index contributed by atoms with van der Waals surface area (Å²) in [6.07, 6.45) is 0.311. The lowest BCUT2D eigenvalue weighted by atomic mass is 9.94. The minimum Gasteiger partial charge on any atom is -0.413 e. The molecule has 0 radical (unpaired) electrons. The van der Waals surface area contributed by atoms with Crippen LogP contribution in [0.2, 0.25) is 0 Å². The average Bonchev–Trinajstić information content (AvgIpc) is 2.70. The van der Waals surface area contributed by atoms with Crippen molar-refractivity contribution in [2.24, 2.45) is 5.92 Å². The maximum absolute atomic E-state index is 13.3. The summed E-state index contributed by atoms with van der Waals surface area (Å²) >= 11 is 0. The molecule has 1 amide bonds. The van der Waals surface area contributed by atoms with Crippen LogP contribution in [0.1, 0.15) is 19.5 Å². The van der Waals surface area contributed by atoms with Crippen molar-refractivity contribution in [2.75, 3.05) is 32.8 Å².